The molecule has 0 saturated carbocycles. The summed E-state index contributed by atoms with van der Waals surface area (Å²) in [6.07, 6.45) is 5.02. The topological polar surface area (TPSA) is 129 Å². The molecule has 3 aliphatic rings. The van der Waals surface area contributed by atoms with E-state index in [1.54, 1.807) is 0 Å². The predicted octanol–water partition coefficient (Wildman–Crippen LogP) is 1.83. The summed E-state index contributed by atoms with van der Waals surface area (Å²) < 4.78 is 23.6. The lowest BCUT2D eigenvalue weighted by Gasteiger charge is -2.14. The molecule has 1 aromatic carbocycles. The number of urea groups is 1. The first-order valence-corrected chi connectivity index (χ1v) is 10.8. The number of hydrogen-bond acceptors (Lipinski definition) is 5. The Labute approximate surface area is 161 Å². The van der Waals surface area contributed by atoms with E-state index in [-0.39, 0.29) is 16.6 Å². The number of fused-ring (bicyclic) bond motifs is 3. The molecule has 2 amide bonds. The lowest BCUT2D eigenvalue weighted by atomic mass is 9.98. The fourth-order valence-electron chi connectivity index (χ4n) is 4.22. The van der Waals surface area contributed by atoms with Gasteiger partial charge in [-0.1, -0.05) is 0 Å². The van der Waals surface area contributed by atoms with Crippen molar-refractivity contribution in [2.45, 2.75) is 43.5 Å². The number of hydrogen-bond donors (Lipinski definition) is 2. The Balaban J connectivity index is 1.51. The van der Waals surface area contributed by atoms with E-state index in [1.807, 2.05) is 6.07 Å². The fraction of sp³-hybridized carbons (Fsp3) is 0.389. The van der Waals surface area contributed by atoms with Crippen molar-refractivity contribution < 1.29 is 18.5 Å². The van der Waals surface area contributed by atoms with Crippen molar-refractivity contribution in [3.63, 3.8) is 0 Å². The number of amides is 2. The molecule has 146 valence electrons. The third kappa shape index (κ3) is 2.63. The van der Waals surface area contributed by atoms with E-state index in [0.717, 1.165) is 36.0 Å². The summed E-state index contributed by atoms with van der Waals surface area (Å²) >= 11 is 0. The van der Waals surface area contributed by atoms with Crippen LogP contribution in [0.1, 0.15) is 39.9 Å². The second-order valence-electron chi connectivity index (χ2n) is 7.17. The number of nitrogens with zero attached hydrogens (tertiary/aromatic N) is 3. The number of Topliss-reactive ketones (excluding diaryl/α,β-unsaturated/α-hetero) is 1. The Bertz CT molecular complexity index is 1160. The second-order valence-corrected chi connectivity index (χ2v) is 8.93. The molecule has 0 saturated heterocycles. The number of benzene rings is 1. The van der Waals surface area contributed by atoms with E-state index < -0.39 is 15.9 Å². The van der Waals surface area contributed by atoms with Gasteiger partial charge in [0, 0.05) is 17.7 Å². The molecule has 0 radical (unpaired) electrons. The van der Waals surface area contributed by atoms with Crippen LogP contribution in [-0.4, -0.2) is 32.4 Å². The SMILES string of the molecule is NS(=O)(=NC(=O)Nc1c2c(cc3c1CCC3=O)CCC2)c1cnn2c1OCC2. The van der Waals surface area contributed by atoms with Crippen molar-refractivity contribution in [3.05, 3.63) is 34.5 Å². The molecule has 9 nitrogen and oxygen atoms in total. The zero-order valence-electron chi connectivity index (χ0n) is 15.1. The summed E-state index contributed by atoms with van der Waals surface area (Å²) in [4.78, 5) is 24.9. The van der Waals surface area contributed by atoms with E-state index in [1.165, 1.54) is 10.9 Å². The van der Waals surface area contributed by atoms with Crippen molar-refractivity contribution >= 4 is 27.4 Å². The van der Waals surface area contributed by atoms with Gasteiger partial charge in [0.15, 0.2) is 15.7 Å². The average Bonchev–Trinajstić information content (AvgIpc) is 3.38. The molecule has 28 heavy (non-hydrogen) atoms. The van der Waals surface area contributed by atoms with Crippen LogP contribution in [0.4, 0.5) is 10.5 Å². The molecule has 0 fully saturated rings. The molecule has 3 N–H and O–H groups in total. The van der Waals surface area contributed by atoms with Crippen LogP contribution in [0.25, 0.3) is 0 Å². The number of rotatable bonds is 2. The lowest BCUT2D eigenvalue weighted by molar-refractivity contribution is 0.0994. The number of aryl methyl sites for hydroxylation is 1. The number of carbonyl (C=O) groups excluding carboxylic acids is 2. The molecule has 1 unspecified atom stereocenters. The second kappa shape index (κ2) is 6.14. The summed E-state index contributed by atoms with van der Waals surface area (Å²) in [7, 11) is -3.51. The van der Waals surface area contributed by atoms with Gasteiger partial charge in [-0.15, -0.1) is 4.36 Å². The summed E-state index contributed by atoms with van der Waals surface area (Å²) in [6, 6.07) is 1.16. The third-order valence-corrected chi connectivity index (χ3v) is 6.82. The zero-order chi connectivity index (χ0) is 19.5. The van der Waals surface area contributed by atoms with Gasteiger partial charge in [-0.3, -0.25) is 4.79 Å². The van der Waals surface area contributed by atoms with Gasteiger partial charge in [0.2, 0.25) is 5.88 Å². The molecule has 2 heterocycles. The van der Waals surface area contributed by atoms with Gasteiger partial charge in [0.25, 0.3) is 0 Å². The molecule has 0 bridgehead atoms. The monoisotopic (exact) mass is 401 g/mol. The Morgan fingerprint density at radius 2 is 2.14 bits per heavy atom. The molecule has 0 spiro atoms. The van der Waals surface area contributed by atoms with E-state index in [0.29, 0.717) is 37.2 Å². The van der Waals surface area contributed by atoms with Gasteiger partial charge in [-0.2, -0.15) is 5.10 Å². The largest absolute Gasteiger partial charge is 0.475 e. The highest BCUT2D eigenvalue weighted by molar-refractivity contribution is 7.91. The normalized spacial score (nSPS) is 18.8. The smallest absolute Gasteiger partial charge is 0.354 e. The third-order valence-electron chi connectivity index (χ3n) is 5.48. The number of aromatic nitrogens is 2. The van der Waals surface area contributed by atoms with Gasteiger partial charge in [-0.25, -0.2) is 18.8 Å². The van der Waals surface area contributed by atoms with Crippen molar-refractivity contribution in [2.75, 3.05) is 11.9 Å². The molecule has 1 aliphatic heterocycles. The van der Waals surface area contributed by atoms with Crippen molar-refractivity contribution in [2.24, 2.45) is 9.50 Å². The van der Waals surface area contributed by atoms with Gasteiger partial charge in [0.1, 0.15) is 11.5 Å². The van der Waals surface area contributed by atoms with Gasteiger partial charge >= 0.3 is 6.03 Å². The highest BCUT2D eigenvalue weighted by Crippen LogP contribution is 2.38. The van der Waals surface area contributed by atoms with Crippen LogP contribution in [0.15, 0.2) is 21.5 Å². The zero-order valence-corrected chi connectivity index (χ0v) is 15.9. The van der Waals surface area contributed by atoms with Crippen molar-refractivity contribution in [1.29, 1.82) is 0 Å². The highest BCUT2D eigenvalue weighted by Gasteiger charge is 2.30. The van der Waals surface area contributed by atoms with E-state index >= 15 is 0 Å². The average molecular weight is 401 g/mol. The first kappa shape index (κ1) is 17.4. The highest BCUT2D eigenvalue weighted by atomic mass is 32.2. The van der Waals surface area contributed by atoms with Gasteiger partial charge < -0.3 is 10.1 Å². The summed E-state index contributed by atoms with van der Waals surface area (Å²) in [6.45, 7) is 0.946. The summed E-state index contributed by atoms with van der Waals surface area (Å²) in [5, 5.41) is 12.7. The first-order chi connectivity index (χ1) is 13.4. The van der Waals surface area contributed by atoms with Gasteiger partial charge in [0.05, 0.1) is 12.7 Å². The molecular weight excluding hydrogens is 382 g/mol. The maximum Gasteiger partial charge on any atom is 0.354 e. The molecule has 10 heteroatoms. The van der Waals surface area contributed by atoms with Crippen LogP contribution >= 0.6 is 0 Å². The van der Waals surface area contributed by atoms with Crippen molar-refractivity contribution in [3.8, 4) is 5.88 Å². The van der Waals surface area contributed by atoms with Crippen LogP contribution in [0.2, 0.25) is 0 Å². The minimum Gasteiger partial charge on any atom is -0.475 e. The Morgan fingerprint density at radius 3 is 3.00 bits per heavy atom. The Morgan fingerprint density at radius 1 is 1.29 bits per heavy atom. The predicted molar refractivity (Wildman–Crippen MR) is 101 cm³/mol. The van der Waals surface area contributed by atoms with Crippen LogP contribution in [0.3, 0.4) is 0 Å². The first-order valence-electron chi connectivity index (χ1n) is 9.19. The number of nitrogens with two attached hydrogens (primary N) is 1. The Kier molecular flexibility index (Phi) is 3.81. The summed E-state index contributed by atoms with van der Waals surface area (Å²) in [5.41, 5.74) is 4.27. The number of ketones is 1. The maximum atomic E-state index is 12.9. The van der Waals surface area contributed by atoms with Crippen LogP contribution in [0.5, 0.6) is 5.88 Å². The minimum absolute atomic E-state index is 0.0901. The Hall–Kier alpha value is -2.72. The van der Waals surface area contributed by atoms with Crippen molar-refractivity contribution in [1.82, 2.24) is 9.78 Å². The standard InChI is InChI=1S/C18H19N5O4S/c19-28(26,15-9-20-23-6-7-27-17(15)23)22-18(25)21-16-11-3-1-2-10(11)8-13-12(16)4-5-14(13)24/h8-9H,1-7H2,(H3,19,21,22,25,26). The van der Waals surface area contributed by atoms with E-state index in [9.17, 15) is 13.8 Å². The number of ether oxygens (including phenoxy) is 1. The van der Waals surface area contributed by atoms with Gasteiger partial charge in [-0.05, 0) is 48.4 Å². The quantitative estimate of drug-likeness (QED) is 0.793. The summed E-state index contributed by atoms with van der Waals surface area (Å²) in [5.74, 6) is 0.378. The molecule has 5 rings (SSSR count). The number of nitrogens with one attached hydrogen (secondary N) is 1. The van der Waals surface area contributed by atoms with E-state index in [4.69, 9.17) is 9.88 Å². The molecule has 1 aromatic heterocycles. The fourth-order valence-corrected chi connectivity index (χ4v) is 5.22. The minimum atomic E-state index is -3.51. The van der Waals surface area contributed by atoms with Crippen LogP contribution < -0.4 is 15.2 Å². The number of anilines is 1. The van der Waals surface area contributed by atoms with E-state index in [2.05, 4.69) is 14.8 Å². The van der Waals surface area contributed by atoms with Crippen LogP contribution in [0, 0.1) is 0 Å². The molecule has 1 atom stereocenters. The maximum absolute atomic E-state index is 12.9. The lowest BCUT2D eigenvalue weighted by Crippen LogP contribution is -2.19. The number of carbonyl (C=O) groups is 2. The molecule has 2 aromatic rings. The molecule has 2 aliphatic carbocycles. The van der Waals surface area contributed by atoms with Crippen LogP contribution in [-0.2, 0) is 35.7 Å². The molecular formula is C18H19N5O4S.